The number of nitrogens with one attached hydrogen (secondary N) is 2. The van der Waals surface area contributed by atoms with Crippen molar-refractivity contribution in [2.45, 2.75) is 24.0 Å². The molecule has 0 saturated heterocycles. The maximum absolute atomic E-state index is 12.5. The second kappa shape index (κ2) is 8.89. The number of nitro groups is 1. The number of hydrogen-bond donors (Lipinski definition) is 4. The molecule has 0 aromatic heterocycles. The third-order valence-electron chi connectivity index (χ3n) is 3.81. The Morgan fingerprint density at radius 1 is 1.14 bits per heavy atom. The Morgan fingerprint density at radius 2 is 1.71 bits per heavy atom. The number of hydrogen-bond acceptors (Lipinski definition) is 7. The standard InChI is InChI=1S/C17H19N3O7S/c1-11(22)18-13-4-8-15(9-5-13)28(26,27)19-16(10-21)17(23)12-2-6-14(7-3-12)20(24)25/h2-9,16-17,19,21,23H,10H2,1H3,(H,18,22)/t16-,17-/m0/s1. The summed E-state index contributed by atoms with van der Waals surface area (Å²) in [6, 6.07) is 8.95. The minimum atomic E-state index is -4.08. The molecule has 0 radical (unpaired) electrons. The van der Waals surface area contributed by atoms with Gasteiger partial charge in [-0.3, -0.25) is 14.9 Å². The number of aliphatic hydroxyl groups excluding tert-OH is 2. The second-order valence-corrected chi connectivity index (χ2v) is 7.62. The van der Waals surface area contributed by atoms with Crippen molar-refractivity contribution in [3.05, 3.63) is 64.2 Å². The number of carbonyl (C=O) groups excluding carboxylic acids is 1. The molecule has 0 aliphatic heterocycles. The molecule has 0 unspecified atom stereocenters. The Morgan fingerprint density at radius 3 is 2.18 bits per heavy atom. The number of rotatable bonds is 8. The van der Waals surface area contributed by atoms with E-state index in [4.69, 9.17) is 0 Å². The van der Waals surface area contributed by atoms with Gasteiger partial charge in [-0.2, -0.15) is 0 Å². The summed E-state index contributed by atoms with van der Waals surface area (Å²) in [5.41, 5.74) is 0.431. The highest BCUT2D eigenvalue weighted by molar-refractivity contribution is 7.89. The molecule has 28 heavy (non-hydrogen) atoms. The number of carbonyl (C=O) groups is 1. The summed E-state index contributed by atoms with van der Waals surface area (Å²) in [4.78, 5) is 21.0. The molecular weight excluding hydrogens is 390 g/mol. The van der Waals surface area contributed by atoms with E-state index >= 15 is 0 Å². The molecule has 2 aromatic carbocycles. The monoisotopic (exact) mass is 409 g/mol. The lowest BCUT2D eigenvalue weighted by molar-refractivity contribution is -0.384. The van der Waals surface area contributed by atoms with Crippen molar-refractivity contribution in [2.24, 2.45) is 0 Å². The van der Waals surface area contributed by atoms with Gasteiger partial charge in [-0.05, 0) is 42.0 Å². The first-order chi connectivity index (χ1) is 13.1. The number of nitrogens with zero attached hydrogens (tertiary/aromatic N) is 1. The van der Waals surface area contributed by atoms with E-state index in [0.29, 0.717) is 5.69 Å². The van der Waals surface area contributed by atoms with Gasteiger partial charge in [-0.15, -0.1) is 0 Å². The molecule has 150 valence electrons. The van der Waals surface area contributed by atoms with Gasteiger partial charge in [-0.25, -0.2) is 13.1 Å². The van der Waals surface area contributed by atoms with Crippen molar-refractivity contribution in [3.63, 3.8) is 0 Å². The first-order valence-corrected chi connectivity index (χ1v) is 9.55. The average molecular weight is 409 g/mol. The van der Waals surface area contributed by atoms with Gasteiger partial charge >= 0.3 is 0 Å². The average Bonchev–Trinajstić information content (AvgIpc) is 2.65. The molecule has 2 atom stereocenters. The van der Waals surface area contributed by atoms with Crippen LogP contribution >= 0.6 is 0 Å². The molecule has 0 fully saturated rings. The summed E-state index contributed by atoms with van der Waals surface area (Å²) < 4.78 is 27.2. The van der Waals surface area contributed by atoms with Crippen molar-refractivity contribution < 1.29 is 28.3 Å². The minimum Gasteiger partial charge on any atom is -0.395 e. The third-order valence-corrected chi connectivity index (χ3v) is 5.32. The van der Waals surface area contributed by atoms with Crippen molar-refractivity contribution >= 4 is 27.3 Å². The molecular formula is C17H19N3O7S. The molecule has 0 saturated carbocycles. The summed E-state index contributed by atoms with van der Waals surface area (Å²) in [7, 11) is -4.08. The maximum Gasteiger partial charge on any atom is 0.269 e. The maximum atomic E-state index is 12.5. The number of benzene rings is 2. The minimum absolute atomic E-state index is 0.129. The van der Waals surface area contributed by atoms with Gasteiger partial charge in [0.2, 0.25) is 15.9 Å². The van der Waals surface area contributed by atoms with E-state index in [-0.39, 0.29) is 22.1 Å². The molecule has 4 N–H and O–H groups in total. The normalized spacial score (nSPS) is 13.5. The van der Waals surface area contributed by atoms with Gasteiger partial charge in [0, 0.05) is 24.7 Å². The van der Waals surface area contributed by atoms with Crippen LogP contribution in [0, 0.1) is 10.1 Å². The smallest absolute Gasteiger partial charge is 0.269 e. The van der Waals surface area contributed by atoms with E-state index in [9.17, 15) is 33.5 Å². The molecule has 0 heterocycles. The first-order valence-electron chi connectivity index (χ1n) is 8.07. The van der Waals surface area contributed by atoms with Gasteiger partial charge in [0.15, 0.2) is 0 Å². The predicted octanol–water partition coefficient (Wildman–Crippen LogP) is 0.926. The van der Waals surface area contributed by atoms with Crippen LogP contribution in [0.25, 0.3) is 0 Å². The summed E-state index contributed by atoms with van der Waals surface area (Å²) in [6.07, 6.45) is -1.43. The van der Waals surface area contributed by atoms with Gasteiger partial charge in [0.05, 0.1) is 28.6 Å². The van der Waals surface area contributed by atoms with Gasteiger partial charge in [0.1, 0.15) is 0 Å². The molecule has 2 rings (SSSR count). The first kappa shape index (κ1) is 21.4. The molecule has 2 aromatic rings. The topological polar surface area (TPSA) is 159 Å². The SMILES string of the molecule is CC(=O)Nc1ccc(S(=O)(=O)N[C@@H](CO)[C@@H](O)c2ccc([N+](=O)[O-])cc2)cc1. The highest BCUT2D eigenvalue weighted by Crippen LogP contribution is 2.22. The summed E-state index contributed by atoms with van der Waals surface area (Å²) >= 11 is 0. The largest absolute Gasteiger partial charge is 0.395 e. The van der Waals surface area contributed by atoms with Gasteiger partial charge < -0.3 is 15.5 Å². The summed E-state index contributed by atoms with van der Waals surface area (Å²) in [5, 5.41) is 33.1. The number of anilines is 1. The van der Waals surface area contributed by atoms with Gasteiger partial charge in [0.25, 0.3) is 5.69 Å². The fourth-order valence-corrected chi connectivity index (χ4v) is 3.65. The van der Waals surface area contributed by atoms with Crippen LogP contribution in [0.15, 0.2) is 53.4 Å². The molecule has 11 heteroatoms. The zero-order valence-electron chi connectivity index (χ0n) is 14.8. The van der Waals surface area contributed by atoms with Crippen LogP contribution in [0.5, 0.6) is 0 Å². The zero-order valence-corrected chi connectivity index (χ0v) is 15.6. The Labute approximate surface area is 161 Å². The van der Waals surface area contributed by atoms with Crippen molar-refractivity contribution in [2.75, 3.05) is 11.9 Å². The van der Waals surface area contributed by atoms with E-state index in [2.05, 4.69) is 10.0 Å². The summed E-state index contributed by atoms with van der Waals surface area (Å²) in [6.45, 7) is 0.610. The van der Waals surface area contributed by atoms with Crippen LogP contribution in [0.3, 0.4) is 0 Å². The van der Waals surface area contributed by atoms with Crippen molar-refractivity contribution in [3.8, 4) is 0 Å². The van der Waals surface area contributed by atoms with Crippen LogP contribution in [0.4, 0.5) is 11.4 Å². The van der Waals surface area contributed by atoms with Crippen molar-refractivity contribution in [1.29, 1.82) is 0 Å². The number of aliphatic hydroxyl groups is 2. The summed E-state index contributed by atoms with van der Waals surface area (Å²) in [5.74, 6) is -0.305. The molecule has 10 nitrogen and oxygen atoms in total. The van der Waals surface area contributed by atoms with Gasteiger partial charge in [-0.1, -0.05) is 0 Å². The quantitative estimate of drug-likeness (QED) is 0.373. The molecule has 0 spiro atoms. The van der Waals surface area contributed by atoms with Crippen LogP contribution in [-0.4, -0.2) is 42.1 Å². The fourth-order valence-electron chi connectivity index (χ4n) is 2.42. The number of sulfonamides is 1. The Bertz CT molecular complexity index is 944. The molecule has 0 aliphatic rings. The second-order valence-electron chi connectivity index (χ2n) is 5.91. The highest BCUT2D eigenvalue weighted by Gasteiger charge is 2.27. The third kappa shape index (κ3) is 5.33. The van der Waals surface area contributed by atoms with Crippen LogP contribution < -0.4 is 10.0 Å². The van der Waals surface area contributed by atoms with E-state index in [1.807, 2.05) is 0 Å². The lowest BCUT2D eigenvalue weighted by Crippen LogP contribution is -2.41. The zero-order chi connectivity index (χ0) is 20.9. The van der Waals surface area contributed by atoms with Crippen LogP contribution in [-0.2, 0) is 14.8 Å². The Kier molecular flexibility index (Phi) is 6.80. The van der Waals surface area contributed by atoms with E-state index in [0.717, 1.165) is 0 Å². The Balaban J connectivity index is 2.17. The molecule has 0 aliphatic carbocycles. The molecule has 1 amide bonds. The lowest BCUT2D eigenvalue weighted by Gasteiger charge is -2.22. The van der Waals surface area contributed by atoms with E-state index < -0.39 is 33.7 Å². The van der Waals surface area contributed by atoms with E-state index in [1.54, 1.807) is 0 Å². The highest BCUT2D eigenvalue weighted by atomic mass is 32.2. The number of nitro benzene ring substituents is 1. The Hall–Kier alpha value is -2.86. The van der Waals surface area contributed by atoms with Crippen molar-refractivity contribution in [1.82, 2.24) is 4.72 Å². The van der Waals surface area contributed by atoms with E-state index in [1.165, 1.54) is 55.5 Å². The lowest BCUT2D eigenvalue weighted by atomic mass is 10.0. The fraction of sp³-hybridized carbons (Fsp3) is 0.235. The number of non-ortho nitro benzene ring substituents is 1. The molecule has 0 bridgehead atoms. The predicted molar refractivity (Wildman–Crippen MR) is 100.0 cm³/mol. The van der Waals surface area contributed by atoms with Crippen LogP contribution in [0.1, 0.15) is 18.6 Å². The van der Waals surface area contributed by atoms with Crippen LogP contribution in [0.2, 0.25) is 0 Å². The number of amides is 1.